The number of nitrogen functional groups attached to an aromatic ring is 1. The van der Waals surface area contributed by atoms with Gasteiger partial charge in [0.25, 0.3) is 0 Å². The van der Waals surface area contributed by atoms with E-state index in [1.54, 1.807) is 24.9 Å². The summed E-state index contributed by atoms with van der Waals surface area (Å²) in [6.45, 7) is 2.94. The molecule has 0 bridgehead atoms. The average Bonchev–Trinajstić information content (AvgIpc) is 2.42. The molecule has 1 atom stereocenters. The van der Waals surface area contributed by atoms with E-state index in [1.165, 1.54) is 0 Å². The Morgan fingerprint density at radius 1 is 1.28 bits per heavy atom. The summed E-state index contributed by atoms with van der Waals surface area (Å²) in [5, 5.41) is 3.40. The molecule has 0 saturated heterocycles. The van der Waals surface area contributed by atoms with E-state index >= 15 is 0 Å². The third kappa shape index (κ3) is 3.01. The second kappa shape index (κ2) is 6.07. The molecule has 0 saturated carbocycles. The summed E-state index contributed by atoms with van der Waals surface area (Å²) < 4.78 is 0. The van der Waals surface area contributed by atoms with Crippen LogP contribution in [0.15, 0.2) is 37.1 Å². The fourth-order valence-corrected chi connectivity index (χ4v) is 1.86. The van der Waals surface area contributed by atoms with E-state index in [-0.39, 0.29) is 6.04 Å². The highest BCUT2D eigenvalue weighted by Gasteiger charge is 2.13. The maximum atomic E-state index is 5.94. The number of nitrogens with one attached hydrogen (secondary N) is 1. The minimum atomic E-state index is 0.129. The Morgan fingerprint density at radius 3 is 2.78 bits per heavy atom. The number of anilines is 1. The number of hydrogen-bond acceptors (Lipinski definition) is 5. The van der Waals surface area contributed by atoms with Crippen LogP contribution in [0.2, 0.25) is 0 Å². The summed E-state index contributed by atoms with van der Waals surface area (Å²) in [5.41, 5.74) is 8.71. The number of nitrogens with zero attached hydrogens (tertiary/aromatic N) is 3. The van der Waals surface area contributed by atoms with E-state index in [0.29, 0.717) is 0 Å². The van der Waals surface area contributed by atoms with Gasteiger partial charge < -0.3 is 11.1 Å². The van der Waals surface area contributed by atoms with E-state index in [9.17, 15) is 0 Å². The number of pyridine rings is 1. The number of rotatable bonds is 5. The zero-order chi connectivity index (χ0) is 12.8. The second-order valence-corrected chi connectivity index (χ2v) is 4.02. The minimum absolute atomic E-state index is 0.129. The molecule has 5 heteroatoms. The molecule has 0 aliphatic carbocycles. The lowest BCUT2D eigenvalue weighted by Gasteiger charge is -2.17. The number of likely N-dealkylation sites (N-methyl/N-ethyl adjacent to an activating group) is 1. The molecule has 0 radical (unpaired) electrons. The molecule has 2 aromatic heterocycles. The van der Waals surface area contributed by atoms with E-state index in [2.05, 4.69) is 27.2 Å². The molecule has 94 valence electrons. The molecule has 3 N–H and O–H groups in total. The molecular formula is C13H17N5. The van der Waals surface area contributed by atoms with Crippen LogP contribution in [-0.2, 0) is 6.42 Å². The maximum Gasteiger partial charge on any atom is 0.115 e. The molecule has 5 nitrogen and oxygen atoms in total. The molecule has 1 unspecified atom stereocenters. The lowest BCUT2D eigenvalue weighted by molar-refractivity contribution is 0.535. The van der Waals surface area contributed by atoms with Crippen LogP contribution < -0.4 is 11.1 Å². The van der Waals surface area contributed by atoms with Gasteiger partial charge in [0.15, 0.2) is 0 Å². The average molecular weight is 243 g/mol. The van der Waals surface area contributed by atoms with Crippen molar-refractivity contribution in [2.75, 3.05) is 12.3 Å². The van der Waals surface area contributed by atoms with Gasteiger partial charge in [-0.3, -0.25) is 4.98 Å². The minimum Gasteiger partial charge on any atom is -0.398 e. The predicted molar refractivity (Wildman–Crippen MR) is 70.8 cm³/mol. The van der Waals surface area contributed by atoms with Gasteiger partial charge in [-0.15, -0.1) is 0 Å². The van der Waals surface area contributed by atoms with E-state index < -0.39 is 0 Å². The first-order valence-electron chi connectivity index (χ1n) is 5.99. The van der Waals surface area contributed by atoms with Crippen LogP contribution in [0.3, 0.4) is 0 Å². The Labute approximate surface area is 106 Å². The molecule has 0 aliphatic rings. The quantitative estimate of drug-likeness (QED) is 0.829. The van der Waals surface area contributed by atoms with Crippen molar-refractivity contribution in [3.05, 3.63) is 48.3 Å². The molecule has 0 amide bonds. The van der Waals surface area contributed by atoms with E-state index in [1.807, 2.05) is 12.1 Å². The van der Waals surface area contributed by atoms with Gasteiger partial charge in [0.05, 0.1) is 11.7 Å². The summed E-state index contributed by atoms with van der Waals surface area (Å²) in [4.78, 5) is 12.3. The van der Waals surface area contributed by atoms with Crippen molar-refractivity contribution in [1.29, 1.82) is 0 Å². The summed E-state index contributed by atoms with van der Waals surface area (Å²) >= 11 is 0. The molecule has 0 aliphatic heterocycles. The third-order valence-corrected chi connectivity index (χ3v) is 2.78. The van der Waals surface area contributed by atoms with E-state index in [0.717, 1.165) is 29.9 Å². The van der Waals surface area contributed by atoms with Gasteiger partial charge in [-0.1, -0.05) is 6.92 Å². The van der Waals surface area contributed by atoms with Crippen LogP contribution in [0.4, 0.5) is 5.69 Å². The zero-order valence-corrected chi connectivity index (χ0v) is 10.4. The summed E-state index contributed by atoms with van der Waals surface area (Å²) in [7, 11) is 0. The Hall–Kier alpha value is -2.01. The van der Waals surface area contributed by atoms with Gasteiger partial charge >= 0.3 is 0 Å². The lowest BCUT2D eigenvalue weighted by Crippen LogP contribution is -2.24. The summed E-state index contributed by atoms with van der Waals surface area (Å²) in [5.74, 6) is 0. The molecule has 0 aromatic carbocycles. The van der Waals surface area contributed by atoms with Crippen molar-refractivity contribution in [2.45, 2.75) is 19.4 Å². The Kier molecular flexibility index (Phi) is 4.20. The molecule has 0 fully saturated rings. The number of nitrogens with two attached hydrogens (primary N) is 1. The molecule has 18 heavy (non-hydrogen) atoms. The van der Waals surface area contributed by atoms with Gasteiger partial charge in [0, 0.05) is 24.3 Å². The first-order valence-corrected chi connectivity index (χ1v) is 5.99. The summed E-state index contributed by atoms with van der Waals surface area (Å²) in [6, 6.07) is 3.86. The van der Waals surface area contributed by atoms with Crippen molar-refractivity contribution in [3.63, 3.8) is 0 Å². The molecule has 0 spiro atoms. The van der Waals surface area contributed by atoms with Gasteiger partial charge in [-0.05, 0) is 30.7 Å². The highest BCUT2D eigenvalue weighted by molar-refractivity contribution is 5.44. The fourth-order valence-electron chi connectivity index (χ4n) is 1.86. The topological polar surface area (TPSA) is 76.7 Å². The van der Waals surface area contributed by atoms with E-state index in [4.69, 9.17) is 5.73 Å². The Morgan fingerprint density at radius 2 is 2.11 bits per heavy atom. The molecule has 2 aromatic rings. The zero-order valence-electron chi connectivity index (χ0n) is 10.4. The second-order valence-electron chi connectivity index (χ2n) is 4.02. The SMILES string of the molecule is CCNC(Cc1cnccc1N)c1ccncn1. The van der Waals surface area contributed by atoms with Crippen LogP contribution >= 0.6 is 0 Å². The van der Waals surface area contributed by atoms with Gasteiger partial charge in [-0.25, -0.2) is 9.97 Å². The molecular weight excluding hydrogens is 226 g/mol. The van der Waals surface area contributed by atoms with Gasteiger partial charge in [-0.2, -0.15) is 0 Å². The van der Waals surface area contributed by atoms with Crippen molar-refractivity contribution in [1.82, 2.24) is 20.3 Å². The van der Waals surface area contributed by atoms with Crippen molar-refractivity contribution < 1.29 is 0 Å². The van der Waals surface area contributed by atoms with Gasteiger partial charge in [0.1, 0.15) is 6.33 Å². The third-order valence-electron chi connectivity index (χ3n) is 2.78. The first kappa shape index (κ1) is 12.4. The monoisotopic (exact) mass is 243 g/mol. The Bertz CT molecular complexity index is 486. The lowest BCUT2D eigenvalue weighted by atomic mass is 10.0. The fraction of sp³-hybridized carbons (Fsp3) is 0.308. The van der Waals surface area contributed by atoms with Crippen LogP contribution in [0, 0.1) is 0 Å². The number of aromatic nitrogens is 3. The van der Waals surface area contributed by atoms with Crippen LogP contribution in [0.1, 0.15) is 24.2 Å². The highest BCUT2D eigenvalue weighted by atomic mass is 14.9. The van der Waals surface area contributed by atoms with Crippen LogP contribution in [0.5, 0.6) is 0 Å². The van der Waals surface area contributed by atoms with Crippen molar-refractivity contribution in [2.24, 2.45) is 0 Å². The predicted octanol–water partition coefficient (Wildman–Crippen LogP) is 1.35. The first-order chi connectivity index (χ1) is 8.81. The van der Waals surface area contributed by atoms with Crippen molar-refractivity contribution in [3.8, 4) is 0 Å². The molecule has 2 heterocycles. The highest BCUT2D eigenvalue weighted by Crippen LogP contribution is 2.19. The normalized spacial score (nSPS) is 12.3. The summed E-state index contributed by atoms with van der Waals surface area (Å²) in [6.07, 6.45) is 7.59. The molecule has 2 rings (SSSR count). The van der Waals surface area contributed by atoms with Crippen LogP contribution in [0.25, 0.3) is 0 Å². The Balaban J connectivity index is 2.19. The van der Waals surface area contributed by atoms with Gasteiger partial charge in [0.2, 0.25) is 0 Å². The van der Waals surface area contributed by atoms with Crippen LogP contribution in [-0.4, -0.2) is 21.5 Å². The standard InChI is InChI=1S/C13H17N5/c1-2-17-13(12-4-6-16-9-18-12)7-10-8-15-5-3-11(10)14/h3-6,8-9,13,17H,2,7H2,1H3,(H2,14,15). The smallest absolute Gasteiger partial charge is 0.115 e. The number of hydrogen-bond donors (Lipinski definition) is 2. The van der Waals surface area contributed by atoms with Crippen molar-refractivity contribution >= 4 is 5.69 Å². The maximum absolute atomic E-state index is 5.94. The largest absolute Gasteiger partial charge is 0.398 e.